The van der Waals surface area contributed by atoms with Gasteiger partial charge in [-0.3, -0.25) is 4.79 Å². The average molecular weight is 496 g/mol. The first kappa shape index (κ1) is 24.3. The molecule has 1 N–H and O–H groups in total. The van der Waals surface area contributed by atoms with Gasteiger partial charge >= 0.3 is 0 Å². The minimum atomic E-state index is -0.151. The van der Waals surface area contributed by atoms with E-state index in [1.165, 1.54) is 16.6 Å². The highest BCUT2D eigenvalue weighted by molar-refractivity contribution is 7.99. The molecule has 0 bridgehead atoms. The zero-order valence-corrected chi connectivity index (χ0v) is 21.8. The lowest BCUT2D eigenvalue weighted by Crippen LogP contribution is -2.26. The van der Waals surface area contributed by atoms with Crippen LogP contribution < -0.4 is 10.1 Å². The van der Waals surface area contributed by atoms with Crippen LogP contribution in [0.5, 0.6) is 5.75 Å². The number of amides is 1. The maximum absolute atomic E-state index is 12.7. The maximum atomic E-state index is 12.7. The zero-order valence-electron chi connectivity index (χ0n) is 20.1. The highest BCUT2D eigenvalue weighted by Crippen LogP contribution is 2.44. The highest BCUT2D eigenvalue weighted by atomic mass is 32.2. The number of thioether (sulfide) groups is 1. The molecule has 2 aromatic heterocycles. The van der Waals surface area contributed by atoms with Crippen molar-refractivity contribution in [3.8, 4) is 23.2 Å². The predicted octanol–water partition coefficient (Wildman–Crippen LogP) is 5.31. The van der Waals surface area contributed by atoms with Gasteiger partial charge in [-0.05, 0) is 60.4 Å². The van der Waals surface area contributed by atoms with Crippen LogP contribution in [0.3, 0.4) is 0 Å². The van der Waals surface area contributed by atoms with E-state index in [1.54, 1.807) is 18.4 Å². The van der Waals surface area contributed by atoms with E-state index in [-0.39, 0.29) is 17.1 Å². The Kier molecular flexibility index (Phi) is 7.01. The van der Waals surface area contributed by atoms with Crippen LogP contribution in [-0.4, -0.2) is 33.5 Å². The van der Waals surface area contributed by atoms with Gasteiger partial charge in [-0.1, -0.05) is 32.5 Å². The van der Waals surface area contributed by atoms with Gasteiger partial charge in [0.1, 0.15) is 16.8 Å². The second kappa shape index (κ2) is 9.80. The summed E-state index contributed by atoms with van der Waals surface area (Å²) in [5.74, 6) is 2.11. The second-order valence-corrected chi connectivity index (χ2v) is 11.6. The number of fused-ring (bicyclic) bond motifs is 1. The molecule has 9 heteroatoms. The van der Waals surface area contributed by atoms with Gasteiger partial charge in [0.15, 0.2) is 11.0 Å². The van der Waals surface area contributed by atoms with Crippen molar-refractivity contribution < 1.29 is 9.53 Å². The van der Waals surface area contributed by atoms with Gasteiger partial charge in [0.2, 0.25) is 5.91 Å². The summed E-state index contributed by atoms with van der Waals surface area (Å²) in [7, 11) is 3.51. The summed E-state index contributed by atoms with van der Waals surface area (Å²) in [6.45, 7) is 6.82. The first-order valence-corrected chi connectivity index (χ1v) is 13.0. The maximum Gasteiger partial charge on any atom is 0.235 e. The number of hydrogen-bond donors (Lipinski definition) is 1. The van der Waals surface area contributed by atoms with Crippen molar-refractivity contribution in [3.63, 3.8) is 0 Å². The molecule has 0 saturated heterocycles. The molecule has 1 aliphatic rings. The smallest absolute Gasteiger partial charge is 0.235 e. The number of anilines is 1. The van der Waals surface area contributed by atoms with Crippen LogP contribution in [0.2, 0.25) is 0 Å². The first-order chi connectivity index (χ1) is 16.2. The van der Waals surface area contributed by atoms with Gasteiger partial charge in [-0.2, -0.15) is 5.26 Å². The van der Waals surface area contributed by atoms with E-state index in [9.17, 15) is 10.1 Å². The minimum Gasteiger partial charge on any atom is -0.497 e. The van der Waals surface area contributed by atoms with E-state index in [1.807, 2.05) is 35.9 Å². The van der Waals surface area contributed by atoms with Crippen LogP contribution in [-0.2, 0) is 24.7 Å². The number of ether oxygens (including phenoxy) is 1. The molecule has 0 radical (unpaired) electrons. The number of nitrogens with one attached hydrogen (secondary N) is 1. The first-order valence-electron chi connectivity index (χ1n) is 11.2. The number of thiophene rings is 1. The molecule has 1 amide bonds. The van der Waals surface area contributed by atoms with Gasteiger partial charge < -0.3 is 14.6 Å². The Bertz CT molecular complexity index is 1230. The van der Waals surface area contributed by atoms with Gasteiger partial charge in [-0.25, -0.2) is 0 Å². The molecule has 0 fully saturated rings. The fraction of sp³-hybridized carbons (Fsp3) is 0.440. The lowest BCUT2D eigenvalue weighted by atomic mass is 9.72. The van der Waals surface area contributed by atoms with Crippen molar-refractivity contribution in [1.29, 1.82) is 5.26 Å². The fourth-order valence-electron chi connectivity index (χ4n) is 4.26. The monoisotopic (exact) mass is 495 g/mol. The number of benzene rings is 1. The molecule has 0 unspecified atom stereocenters. The molecular weight excluding hydrogens is 466 g/mol. The lowest BCUT2D eigenvalue weighted by molar-refractivity contribution is -0.113. The van der Waals surface area contributed by atoms with E-state index in [2.05, 4.69) is 42.4 Å². The van der Waals surface area contributed by atoms with Crippen molar-refractivity contribution in [2.45, 2.75) is 45.2 Å². The van der Waals surface area contributed by atoms with Crippen LogP contribution in [0.25, 0.3) is 11.4 Å². The molecule has 1 aliphatic carbocycles. The topological polar surface area (TPSA) is 92.8 Å². The third-order valence-electron chi connectivity index (χ3n) is 6.37. The molecule has 34 heavy (non-hydrogen) atoms. The molecule has 1 atom stereocenters. The number of methoxy groups -OCH3 is 1. The molecule has 1 aromatic carbocycles. The molecule has 3 aromatic rings. The van der Waals surface area contributed by atoms with Crippen molar-refractivity contribution in [1.82, 2.24) is 14.8 Å². The van der Waals surface area contributed by atoms with Crippen LogP contribution in [0.4, 0.5) is 5.00 Å². The SMILES string of the molecule is COc1ccc(-c2nnc(SCC(=O)Nc3sc4c(c3C#N)CC[C@@H](C(C)(C)C)C4)n2C)cc1. The predicted molar refractivity (Wildman–Crippen MR) is 136 cm³/mol. The Morgan fingerprint density at radius 2 is 2.06 bits per heavy atom. The van der Waals surface area contributed by atoms with Gasteiger partial charge in [0.05, 0.1) is 18.4 Å². The number of hydrogen-bond acceptors (Lipinski definition) is 7. The Morgan fingerprint density at radius 3 is 2.71 bits per heavy atom. The minimum absolute atomic E-state index is 0.151. The van der Waals surface area contributed by atoms with Crippen molar-refractivity contribution >= 4 is 34.0 Å². The molecule has 2 heterocycles. The van der Waals surface area contributed by atoms with E-state index in [4.69, 9.17) is 4.74 Å². The Hall–Kier alpha value is -2.83. The van der Waals surface area contributed by atoms with Crippen LogP contribution in [0, 0.1) is 22.7 Å². The van der Waals surface area contributed by atoms with E-state index < -0.39 is 0 Å². The number of carbonyl (C=O) groups excluding carboxylic acids is 1. The molecule has 178 valence electrons. The number of carbonyl (C=O) groups is 1. The summed E-state index contributed by atoms with van der Waals surface area (Å²) in [6, 6.07) is 9.94. The Labute approximate surface area is 208 Å². The molecule has 0 aliphatic heterocycles. The van der Waals surface area contributed by atoms with E-state index >= 15 is 0 Å². The average Bonchev–Trinajstić information content (AvgIpc) is 3.35. The lowest BCUT2D eigenvalue weighted by Gasteiger charge is -2.33. The molecule has 0 spiro atoms. The summed E-state index contributed by atoms with van der Waals surface area (Å²) in [4.78, 5) is 14.0. The molecular formula is C25H29N5O2S2. The quantitative estimate of drug-likeness (QED) is 0.466. The van der Waals surface area contributed by atoms with Crippen LogP contribution >= 0.6 is 23.1 Å². The highest BCUT2D eigenvalue weighted by Gasteiger charge is 2.32. The summed E-state index contributed by atoms with van der Waals surface area (Å²) in [5, 5.41) is 22.6. The van der Waals surface area contributed by atoms with Crippen LogP contribution in [0.1, 0.15) is 43.2 Å². The summed E-state index contributed by atoms with van der Waals surface area (Å²) in [5.41, 5.74) is 2.90. The molecule has 0 saturated carbocycles. The fourth-order valence-corrected chi connectivity index (χ4v) is 6.26. The largest absolute Gasteiger partial charge is 0.497 e. The van der Waals surface area contributed by atoms with Crippen molar-refractivity contribution in [3.05, 3.63) is 40.3 Å². The summed E-state index contributed by atoms with van der Waals surface area (Å²) >= 11 is 2.88. The van der Waals surface area contributed by atoms with E-state index in [0.29, 0.717) is 21.6 Å². The third kappa shape index (κ3) is 4.98. The Balaban J connectivity index is 1.42. The van der Waals surface area contributed by atoms with Gasteiger partial charge in [-0.15, -0.1) is 21.5 Å². The van der Waals surface area contributed by atoms with Crippen molar-refractivity contribution in [2.75, 3.05) is 18.2 Å². The normalized spacial score (nSPS) is 15.5. The van der Waals surface area contributed by atoms with Gasteiger partial charge in [0.25, 0.3) is 0 Å². The number of nitriles is 1. The van der Waals surface area contributed by atoms with E-state index in [0.717, 1.165) is 42.0 Å². The van der Waals surface area contributed by atoms with Crippen molar-refractivity contribution in [2.24, 2.45) is 18.4 Å². The second-order valence-electron chi connectivity index (χ2n) is 9.56. The zero-order chi connectivity index (χ0) is 24.5. The van der Waals surface area contributed by atoms with Gasteiger partial charge in [0, 0.05) is 17.5 Å². The summed E-state index contributed by atoms with van der Waals surface area (Å²) < 4.78 is 7.08. The number of aromatic nitrogens is 3. The number of nitrogens with zero attached hydrogens (tertiary/aromatic N) is 4. The Morgan fingerprint density at radius 1 is 1.32 bits per heavy atom. The molecule has 4 rings (SSSR count). The third-order valence-corrected chi connectivity index (χ3v) is 8.56. The number of rotatable bonds is 6. The summed E-state index contributed by atoms with van der Waals surface area (Å²) in [6.07, 6.45) is 2.94. The van der Waals surface area contributed by atoms with Crippen LogP contribution in [0.15, 0.2) is 29.4 Å². The standard InChI is InChI=1S/C25H29N5O2S2/c1-25(2,3)16-8-11-18-19(13-26)23(34-20(18)12-16)27-21(31)14-33-24-29-28-22(30(24)4)15-6-9-17(32-5)10-7-15/h6-7,9-10,16H,8,11-12,14H2,1-5H3,(H,27,31)/t16-/m1/s1. The molecule has 7 nitrogen and oxygen atoms in total.